The Labute approximate surface area is 120 Å². The third kappa shape index (κ3) is 3.32. The van der Waals surface area contributed by atoms with Crippen LogP contribution in [-0.4, -0.2) is 15.9 Å². The van der Waals surface area contributed by atoms with Crippen molar-refractivity contribution in [2.24, 2.45) is 0 Å². The van der Waals surface area contributed by atoms with E-state index in [1.165, 1.54) is 6.07 Å². The van der Waals surface area contributed by atoms with E-state index < -0.39 is 29.2 Å². The van der Waals surface area contributed by atoms with Crippen LogP contribution in [0.3, 0.4) is 0 Å². The lowest BCUT2D eigenvalue weighted by Gasteiger charge is -2.06. The first-order chi connectivity index (χ1) is 9.47. The molecule has 0 aliphatic heterocycles. The standard InChI is InChI=1S/C12H7BrF3N3O/c13-9-5-17-11(16)10(19-9)12(20)18-4-6-1-2-7(14)8(15)3-6/h1-3,5H,4H2,(H,18,20). The average Bonchev–Trinajstić information content (AvgIpc) is 2.42. The van der Waals surface area contributed by atoms with Crippen molar-refractivity contribution in [1.29, 1.82) is 0 Å². The molecule has 0 unspecified atom stereocenters. The zero-order chi connectivity index (χ0) is 14.7. The molecule has 0 saturated carbocycles. The first-order valence-corrected chi connectivity index (χ1v) is 6.17. The van der Waals surface area contributed by atoms with Gasteiger partial charge in [0.05, 0.1) is 6.20 Å². The molecule has 1 heterocycles. The Hall–Kier alpha value is -1.96. The number of hydrogen-bond donors (Lipinski definition) is 1. The van der Waals surface area contributed by atoms with Crippen LogP contribution in [0.5, 0.6) is 0 Å². The summed E-state index contributed by atoms with van der Waals surface area (Å²) in [5.74, 6) is -3.83. The quantitative estimate of drug-likeness (QED) is 0.930. The number of hydrogen-bond acceptors (Lipinski definition) is 3. The molecule has 0 saturated heterocycles. The van der Waals surface area contributed by atoms with E-state index in [1.54, 1.807) is 0 Å². The molecule has 104 valence electrons. The highest BCUT2D eigenvalue weighted by atomic mass is 79.9. The fourth-order valence-electron chi connectivity index (χ4n) is 1.41. The van der Waals surface area contributed by atoms with Crippen LogP contribution < -0.4 is 5.32 Å². The Morgan fingerprint density at radius 3 is 2.70 bits per heavy atom. The number of rotatable bonds is 3. The van der Waals surface area contributed by atoms with Crippen molar-refractivity contribution in [3.05, 3.63) is 57.8 Å². The number of carbonyl (C=O) groups excluding carboxylic acids is 1. The van der Waals surface area contributed by atoms with Crippen molar-refractivity contribution in [3.63, 3.8) is 0 Å². The summed E-state index contributed by atoms with van der Waals surface area (Å²) in [7, 11) is 0. The van der Waals surface area contributed by atoms with E-state index in [4.69, 9.17) is 0 Å². The van der Waals surface area contributed by atoms with Gasteiger partial charge in [-0.25, -0.2) is 18.7 Å². The van der Waals surface area contributed by atoms with Gasteiger partial charge in [0.2, 0.25) is 5.95 Å². The summed E-state index contributed by atoms with van der Waals surface area (Å²) in [6.07, 6.45) is 1.11. The Bertz CT molecular complexity index is 666. The summed E-state index contributed by atoms with van der Waals surface area (Å²) in [5.41, 5.74) is -0.150. The number of halogens is 4. The Morgan fingerprint density at radius 1 is 1.25 bits per heavy atom. The van der Waals surface area contributed by atoms with E-state index in [2.05, 4.69) is 31.2 Å². The SMILES string of the molecule is O=C(NCc1ccc(F)c(F)c1)c1nc(Br)cnc1F. The first-order valence-electron chi connectivity index (χ1n) is 5.37. The van der Waals surface area contributed by atoms with Crippen molar-refractivity contribution in [2.75, 3.05) is 0 Å². The summed E-state index contributed by atoms with van der Waals surface area (Å²) < 4.78 is 39.2. The zero-order valence-electron chi connectivity index (χ0n) is 9.83. The number of nitrogens with one attached hydrogen (secondary N) is 1. The molecule has 0 radical (unpaired) electrons. The molecule has 2 aromatic rings. The van der Waals surface area contributed by atoms with E-state index in [1.807, 2.05) is 0 Å². The number of aromatic nitrogens is 2. The van der Waals surface area contributed by atoms with Gasteiger partial charge in [-0.3, -0.25) is 4.79 Å². The van der Waals surface area contributed by atoms with Crippen molar-refractivity contribution in [2.45, 2.75) is 6.54 Å². The fourth-order valence-corrected chi connectivity index (χ4v) is 1.69. The Balaban J connectivity index is 2.08. The number of benzene rings is 1. The van der Waals surface area contributed by atoms with Gasteiger partial charge in [0.15, 0.2) is 17.3 Å². The van der Waals surface area contributed by atoms with Crippen LogP contribution >= 0.6 is 15.9 Å². The summed E-state index contributed by atoms with van der Waals surface area (Å²) in [6.45, 7) is -0.0936. The summed E-state index contributed by atoms with van der Waals surface area (Å²) in [5, 5.41) is 2.34. The van der Waals surface area contributed by atoms with Gasteiger partial charge in [0.1, 0.15) is 4.60 Å². The normalized spacial score (nSPS) is 10.4. The zero-order valence-corrected chi connectivity index (χ0v) is 11.4. The van der Waals surface area contributed by atoms with Gasteiger partial charge in [0.25, 0.3) is 5.91 Å². The molecular weight excluding hydrogens is 339 g/mol. The fraction of sp³-hybridized carbons (Fsp3) is 0.0833. The molecule has 20 heavy (non-hydrogen) atoms. The largest absolute Gasteiger partial charge is 0.346 e. The van der Waals surface area contributed by atoms with Gasteiger partial charge < -0.3 is 5.32 Å². The van der Waals surface area contributed by atoms with Crippen LogP contribution in [0.15, 0.2) is 29.0 Å². The molecule has 4 nitrogen and oxygen atoms in total. The molecule has 0 spiro atoms. The van der Waals surface area contributed by atoms with Crippen LogP contribution in [0.2, 0.25) is 0 Å². The minimum absolute atomic E-state index is 0.0936. The van der Waals surface area contributed by atoms with Crippen molar-refractivity contribution >= 4 is 21.8 Å². The van der Waals surface area contributed by atoms with Gasteiger partial charge in [-0.15, -0.1) is 0 Å². The lowest BCUT2D eigenvalue weighted by atomic mass is 10.2. The van der Waals surface area contributed by atoms with Crippen molar-refractivity contribution in [1.82, 2.24) is 15.3 Å². The molecule has 0 fully saturated rings. The predicted octanol–water partition coefficient (Wildman–Crippen LogP) is 2.59. The number of carbonyl (C=O) groups is 1. The third-order valence-electron chi connectivity index (χ3n) is 2.35. The van der Waals surface area contributed by atoms with Crippen molar-refractivity contribution < 1.29 is 18.0 Å². The molecule has 0 bridgehead atoms. The first kappa shape index (κ1) is 14.4. The van der Waals surface area contributed by atoms with Crippen LogP contribution in [0, 0.1) is 17.6 Å². The van der Waals surface area contributed by atoms with E-state index in [9.17, 15) is 18.0 Å². The van der Waals surface area contributed by atoms with Gasteiger partial charge >= 0.3 is 0 Å². The lowest BCUT2D eigenvalue weighted by molar-refractivity contribution is 0.0940. The van der Waals surface area contributed by atoms with E-state index in [0.29, 0.717) is 5.56 Å². The minimum atomic E-state index is -1.02. The molecule has 8 heteroatoms. The topological polar surface area (TPSA) is 54.9 Å². The molecule has 1 aromatic carbocycles. The highest BCUT2D eigenvalue weighted by Gasteiger charge is 2.15. The Kier molecular flexibility index (Phi) is 4.33. The summed E-state index contributed by atoms with van der Waals surface area (Å²) in [4.78, 5) is 18.7. The minimum Gasteiger partial charge on any atom is -0.346 e. The molecule has 1 aromatic heterocycles. The second-order valence-electron chi connectivity index (χ2n) is 3.76. The lowest BCUT2D eigenvalue weighted by Crippen LogP contribution is -2.25. The molecular formula is C12H7BrF3N3O. The molecule has 0 aliphatic carbocycles. The predicted molar refractivity (Wildman–Crippen MR) is 67.2 cm³/mol. The maximum atomic E-state index is 13.3. The van der Waals surface area contributed by atoms with Gasteiger partial charge in [-0.1, -0.05) is 6.07 Å². The molecule has 0 aliphatic rings. The molecule has 1 amide bonds. The molecule has 1 N–H and O–H groups in total. The second kappa shape index (κ2) is 6.00. The van der Waals surface area contributed by atoms with Crippen LogP contribution in [0.25, 0.3) is 0 Å². The second-order valence-corrected chi connectivity index (χ2v) is 4.58. The van der Waals surface area contributed by atoms with Gasteiger partial charge in [0, 0.05) is 6.54 Å². The highest BCUT2D eigenvalue weighted by molar-refractivity contribution is 9.10. The van der Waals surface area contributed by atoms with Crippen LogP contribution in [0.4, 0.5) is 13.2 Å². The number of amides is 1. The van der Waals surface area contributed by atoms with Gasteiger partial charge in [-0.2, -0.15) is 4.39 Å². The average molecular weight is 346 g/mol. The van der Waals surface area contributed by atoms with Crippen LogP contribution in [0.1, 0.15) is 16.1 Å². The van der Waals surface area contributed by atoms with E-state index >= 15 is 0 Å². The Morgan fingerprint density at radius 2 is 2.00 bits per heavy atom. The monoisotopic (exact) mass is 345 g/mol. The maximum Gasteiger partial charge on any atom is 0.274 e. The summed E-state index contributed by atoms with van der Waals surface area (Å²) in [6, 6.07) is 3.19. The highest BCUT2D eigenvalue weighted by Crippen LogP contribution is 2.10. The number of nitrogens with zero attached hydrogens (tertiary/aromatic N) is 2. The third-order valence-corrected chi connectivity index (χ3v) is 2.73. The molecule has 2 rings (SSSR count). The smallest absolute Gasteiger partial charge is 0.274 e. The maximum absolute atomic E-state index is 13.3. The van der Waals surface area contributed by atoms with Crippen molar-refractivity contribution in [3.8, 4) is 0 Å². The molecule has 0 atom stereocenters. The van der Waals surface area contributed by atoms with Gasteiger partial charge in [-0.05, 0) is 33.6 Å². The van der Waals surface area contributed by atoms with Crippen LogP contribution in [-0.2, 0) is 6.54 Å². The summed E-state index contributed by atoms with van der Waals surface area (Å²) >= 11 is 2.97. The van der Waals surface area contributed by atoms with E-state index in [0.717, 1.165) is 18.3 Å². The van der Waals surface area contributed by atoms with E-state index in [-0.39, 0.29) is 11.1 Å².